The number of ether oxygens (including phenoxy) is 1. The Labute approximate surface area is 133 Å². The minimum Gasteiger partial charge on any atom is -0.497 e. The first-order valence-corrected chi connectivity index (χ1v) is 8.07. The highest BCUT2D eigenvalue weighted by molar-refractivity contribution is 7.11. The van der Waals surface area contributed by atoms with Gasteiger partial charge in [0.2, 0.25) is 0 Å². The van der Waals surface area contributed by atoms with E-state index in [1.165, 1.54) is 9.75 Å². The van der Waals surface area contributed by atoms with E-state index in [2.05, 4.69) is 28.6 Å². The summed E-state index contributed by atoms with van der Waals surface area (Å²) in [6.45, 7) is 4.86. The molecule has 1 aromatic carbocycles. The molecule has 0 aliphatic carbocycles. The summed E-state index contributed by atoms with van der Waals surface area (Å²) >= 11 is 8.12. The number of aromatic nitrogens is 2. The van der Waals surface area contributed by atoms with E-state index in [1.54, 1.807) is 18.4 Å². The molecule has 1 atom stereocenters. The van der Waals surface area contributed by atoms with Gasteiger partial charge in [0.1, 0.15) is 11.6 Å². The van der Waals surface area contributed by atoms with Gasteiger partial charge in [-0.2, -0.15) is 0 Å². The molecule has 3 nitrogen and oxygen atoms in total. The highest BCUT2D eigenvalue weighted by Gasteiger charge is 2.16. The maximum absolute atomic E-state index is 6.31. The third-order valence-corrected chi connectivity index (χ3v) is 4.63. The quantitative estimate of drug-likeness (QED) is 0.648. The van der Waals surface area contributed by atoms with Gasteiger partial charge in [-0.1, -0.05) is 0 Å². The number of halogens is 1. The van der Waals surface area contributed by atoms with Crippen LogP contribution in [0.15, 0.2) is 30.3 Å². The molecule has 0 amide bonds. The van der Waals surface area contributed by atoms with Gasteiger partial charge in [0.15, 0.2) is 0 Å². The van der Waals surface area contributed by atoms with Crippen LogP contribution in [0.25, 0.3) is 11.0 Å². The largest absolute Gasteiger partial charge is 0.497 e. The molecular formula is C16H17ClN2OS. The fraction of sp³-hybridized carbons (Fsp3) is 0.312. The van der Waals surface area contributed by atoms with Crippen LogP contribution in [-0.4, -0.2) is 16.7 Å². The van der Waals surface area contributed by atoms with Crippen molar-refractivity contribution >= 4 is 34.0 Å². The average Bonchev–Trinajstić information content (AvgIpc) is 3.03. The number of aryl methyl sites for hydroxylation is 1. The van der Waals surface area contributed by atoms with E-state index < -0.39 is 0 Å². The Morgan fingerprint density at radius 2 is 2.14 bits per heavy atom. The predicted molar refractivity (Wildman–Crippen MR) is 88.7 cm³/mol. The molecule has 0 fully saturated rings. The SMILES string of the molecule is COc1ccc2nc(C(C)Cl)n(Cc3ccc(C)s3)c2c1. The lowest BCUT2D eigenvalue weighted by Crippen LogP contribution is -2.04. The molecule has 0 saturated carbocycles. The molecule has 2 aromatic heterocycles. The van der Waals surface area contributed by atoms with Gasteiger partial charge in [0.05, 0.1) is 30.1 Å². The molecule has 3 aromatic rings. The zero-order valence-corrected chi connectivity index (χ0v) is 13.8. The van der Waals surface area contributed by atoms with Crippen LogP contribution in [0, 0.1) is 6.92 Å². The summed E-state index contributed by atoms with van der Waals surface area (Å²) in [5, 5.41) is -0.135. The number of imidazole rings is 1. The number of hydrogen-bond donors (Lipinski definition) is 0. The van der Waals surface area contributed by atoms with Crippen molar-refractivity contribution in [2.45, 2.75) is 25.8 Å². The molecule has 0 radical (unpaired) electrons. The van der Waals surface area contributed by atoms with Crippen molar-refractivity contribution in [3.05, 3.63) is 45.9 Å². The number of alkyl halides is 1. The molecule has 0 bridgehead atoms. The number of hydrogen-bond acceptors (Lipinski definition) is 3. The average molecular weight is 321 g/mol. The molecule has 0 N–H and O–H groups in total. The molecule has 0 aliphatic heterocycles. The monoisotopic (exact) mass is 320 g/mol. The van der Waals surface area contributed by atoms with E-state index in [1.807, 2.05) is 25.1 Å². The van der Waals surface area contributed by atoms with Gasteiger partial charge in [-0.05, 0) is 38.1 Å². The van der Waals surface area contributed by atoms with E-state index >= 15 is 0 Å². The van der Waals surface area contributed by atoms with E-state index in [0.29, 0.717) is 0 Å². The zero-order valence-electron chi connectivity index (χ0n) is 12.3. The van der Waals surface area contributed by atoms with Crippen LogP contribution in [0.5, 0.6) is 5.75 Å². The number of methoxy groups -OCH3 is 1. The second-order valence-electron chi connectivity index (χ2n) is 5.04. The molecular weight excluding hydrogens is 304 g/mol. The minimum absolute atomic E-state index is 0.135. The van der Waals surface area contributed by atoms with Crippen molar-refractivity contribution in [2.24, 2.45) is 0 Å². The predicted octanol–water partition coefficient (Wildman–Crippen LogP) is 4.76. The smallest absolute Gasteiger partial charge is 0.128 e. The molecule has 2 heterocycles. The number of fused-ring (bicyclic) bond motifs is 1. The third-order valence-electron chi connectivity index (χ3n) is 3.45. The molecule has 0 spiro atoms. The Bertz CT molecular complexity index is 776. The maximum atomic E-state index is 6.31. The van der Waals surface area contributed by atoms with Gasteiger partial charge < -0.3 is 9.30 Å². The standard InChI is InChI=1S/C16H17ClN2OS/c1-10-4-6-13(21-10)9-19-15-8-12(20-3)5-7-14(15)18-16(19)11(2)17/h4-8,11H,9H2,1-3H3. The van der Waals surface area contributed by atoms with Crippen LogP contribution in [-0.2, 0) is 6.54 Å². The fourth-order valence-corrected chi connectivity index (χ4v) is 3.49. The lowest BCUT2D eigenvalue weighted by molar-refractivity contribution is 0.415. The molecule has 3 rings (SSSR count). The first-order valence-electron chi connectivity index (χ1n) is 6.82. The Morgan fingerprint density at radius 1 is 1.33 bits per heavy atom. The van der Waals surface area contributed by atoms with Gasteiger partial charge in [0.25, 0.3) is 0 Å². The van der Waals surface area contributed by atoms with Crippen LogP contribution in [0.2, 0.25) is 0 Å². The molecule has 110 valence electrons. The van der Waals surface area contributed by atoms with Gasteiger partial charge in [-0.3, -0.25) is 0 Å². The van der Waals surface area contributed by atoms with Crippen LogP contribution in [0.1, 0.15) is 27.9 Å². The lowest BCUT2D eigenvalue weighted by Gasteiger charge is -2.09. The van der Waals surface area contributed by atoms with Gasteiger partial charge in [-0.15, -0.1) is 22.9 Å². The summed E-state index contributed by atoms with van der Waals surface area (Å²) < 4.78 is 7.51. The normalized spacial score (nSPS) is 12.8. The summed E-state index contributed by atoms with van der Waals surface area (Å²) in [6, 6.07) is 10.2. The highest BCUT2D eigenvalue weighted by Crippen LogP contribution is 2.29. The Balaban J connectivity index is 2.14. The second kappa shape index (κ2) is 5.70. The molecule has 21 heavy (non-hydrogen) atoms. The maximum Gasteiger partial charge on any atom is 0.128 e. The number of benzene rings is 1. The van der Waals surface area contributed by atoms with Crippen LogP contribution in [0.3, 0.4) is 0 Å². The van der Waals surface area contributed by atoms with E-state index in [9.17, 15) is 0 Å². The van der Waals surface area contributed by atoms with Crippen molar-refractivity contribution in [2.75, 3.05) is 7.11 Å². The van der Waals surface area contributed by atoms with Crippen LogP contribution >= 0.6 is 22.9 Å². The van der Waals surface area contributed by atoms with Crippen molar-refractivity contribution in [1.29, 1.82) is 0 Å². The van der Waals surface area contributed by atoms with Gasteiger partial charge >= 0.3 is 0 Å². The van der Waals surface area contributed by atoms with Gasteiger partial charge in [-0.25, -0.2) is 4.98 Å². The highest BCUT2D eigenvalue weighted by atomic mass is 35.5. The minimum atomic E-state index is -0.135. The lowest BCUT2D eigenvalue weighted by atomic mass is 10.3. The molecule has 0 aliphatic rings. The van der Waals surface area contributed by atoms with E-state index in [-0.39, 0.29) is 5.38 Å². The Morgan fingerprint density at radius 3 is 2.76 bits per heavy atom. The number of nitrogens with zero attached hydrogens (tertiary/aromatic N) is 2. The first-order chi connectivity index (χ1) is 10.1. The Hall–Kier alpha value is -1.52. The zero-order chi connectivity index (χ0) is 15.0. The van der Waals surface area contributed by atoms with Crippen LogP contribution < -0.4 is 4.74 Å². The van der Waals surface area contributed by atoms with Crippen molar-refractivity contribution in [3.8, 4) is 5.75 Å². The number of thiophene rings is 1. The van der Waals surface area contributed by atoms with Crippen molar-refractivity contribution in [3.63, 3.8) is 0 Å². The molecule has 5 heteroatoms. The second-order valence-corrected chi connectivity index (χ2v) is 7.07. The summed E-state index contributed by atoms with van der Waals surface area (Å²) in [4.78, 5) is 7.28. The van der Waals surface area contributed by atoms with E-state index in [0.717, 1.165) is 29.2 Å². The van der Waals surface area contributed by atoms with E-state index in [4.69, 9.17) is 16.3 Å². The number of rotatable bonds is 4. The topological polar surface area (TPSA) is 27.1 Å². The molecule has 1 unspecified atom stereocenters. The third kappa shape index (κ3) is 2.78. The first kappa shape index (κ1) is 14.4. The summed E-state index contributed by atoms with van der Waals surface area (Å²) in [6.07, 6.45) is 0. The van der Waals surface area contributed by atoms with Crippen molar-refractivity contribution < 1.29 is 4.74 Å². The summed E-state index contributed by atoms with van der Waals surface area (Å²) in [5.74, 6) is 1.73. The van der Waals surface area contributed by atoms with Gasteiger partial charge in [0, 0.05) is 15.8 Å². The van der Waals surface area contributed by atoms with Crippen LogP contribution in [0.4, 0.5) is 0 Å². The fourth-order valence-electron chi connectivity index (χ4n) is 2.44. The summed E-state index contributed by atoms with van der Waals surface area (Å²) in [7, 11) is 1.68. The Kier molecular flexibility index (Phi) is 3.91. The molecule has 0 saturated heterocycles. The van der Waals surface area contributed by atoms with Crippen molar-refractivity contribution in [1.82, 2.24) is 9.55 Å². The summed E-state index contributed by atoms with van der Waals surface area (Å²) in [5.41, 5.74) is 2.01.